The van der Waals surface area contributed by atoms with Gasteiger partial charge in [0.15, 0.2) is 0 Å². The van der Waals surface area contributed by atoms with Gasteiger partial charge in [0.1, 0.15) is 6.10 Å². The van der Waals surface area contributed by atoms with Crippen LogP contribution in [0.4, 0.5) is 0 Å². The molecule has 0 radical (unpaired) electrons. The Morgan fingerprint density at radius 1 is 1.19 bits per heavy atom. The highest BCUT2D eigenvalue weighted by Gasteiger charge is 2.22. The van der Waals surface area contributed by atoms with E-state index < -0.39 is 0 Å². The molecule has 0 amide bonds. The molecular formula is C15H20N4OS. The fourth-order valence-corrected chi connectivity index (χ4v) is 3.28. The number of aryl methyl sites for hydroxylation is 2. The monoisotopic (exact) mass is 304 g/mol. The Balaban J connectivity index is 1.49. The number of likely N-dealkylation sites (tertiary alicyclic amines) is 1. The molecule has 2 aromatic rings. The molecule has 0 aliphatic carbocycles. The van der Waals surface area contributed by atoms with E-state index in [0.717, 1.165) is 43.7 Å². The van der Waals surface area contributed by atoms with Gasteiger partial charge in [-0.1, -0.05) is 0 Å². The van der Waals surface area contributed by atoms with E-state index in [1.807, 2.05) is 12.4 Å². The van der Waals surface area contributed by atoms with Gasteiger partial charge >= 0.3 is 6.01 Å². The first kappa shape index (κ1) is 14.4. The SMILES string of the molecule is Cc1cnc(OC2CCN(Cc3scnc3C)CC2)nc1. The summed E-state index contributed by atoms with van der Waals surface area (Å²) in [6.07, 6.45) is 5.87. The van der Waals surface area contributed by atoms with Gasteiger partial charge in [-0.3, -0.25) is 4.90 Å². The highest BCUT2D eigenvalue weighted by Crippen LogP contribution is 2.20. The average molecular weight is 304 g/mol. The van der Waals surface area contributed by atoms with Gasteiger partial charge in [0, 0.05) is 36.9 Å². The van der Waals surface area contributed by atoms with E-state index in [1.54, 1.807) is 23.7 Å². The zero-order valence-corrected chi connectivity index (χ0v) is 13.3. The minimum absolute atomic E-state index is 0.228. The third-order valence-electron chi connectivity index (χ3n) is 3.78. The summed E-state index contributed by atoms with van der Waals surface area (Å²) in [4.78, 5) is 16.6. The molecule has 2 aromatic heterocycles. The molecule has 1 fully saturated rings. The van der Waals surface area contributed by atoms with Crippen molar-refractivity contribution in [3.05, 3.63) is 34.0 Å². The molecule has 0 unspecified atom stereocenters. The number of piperidine rings is 1. The van der Waals surface area contributed by atoms with Gasteiger partial charge < -0.3 is 4.74 Å². The van der Waals surface area contributed by atoms with Crippen LogP contribution in [0.25, 0.3) is 0 Å². The predicted octanol–water partition coefficient (Wildman–Crippen LogP) is 2.59. The first-order valence-corrected chi connectivity index (χ1v) is 8.15. The van der Waals surface area contributed by atoms with Crippen LogP contribution in [0.2, 0.25) is 0 Å². The highest BCUT2D eigenvalue weighted by atomic mass is 32.1. The molecule has 1 saturated heterocycles. The summed E-state index contributed by atoms with van der Waals surface area (Å²) in [5.74, 6) is 0. The van der Waals surface area contributed by atoms with Crippen LogP contribution in [0.3, 0.4) is 0 Å². The molecule has 1 aliphatic heterocycles. The second kappa shape index (κ2) is 6.49. The maximum absolute atomic E-state index is 5.86. The standard InChI is InChI=1S/C15H20N4OS/c1-11-7-16-15(17-8-11)20-13-3-5-19(6-4-13)9-14-12(2)18-10-21-14/h7-8,10,13H,3-6,9H2,1-2H3. The summed E-state index contributed by atoms with van der Waals surface area (Å²) in [7, 11) is 0. The topological polar surface area (TPSA) is 51.1 Å². The summed E-state index contributed by atoms with van der Waals surface area (Å²) in [5.41, 5.74) is 4.14. The van der Waals surface area contributed by atoms with E-state index in [4.69, 9.17) is 4.74 Å². The van der Waals surface area contributed by atoms with E-state index in [9.17, 15) is 0 Å². The van der Waals surface area contributed by atoms with E-state index >= 15 is 0 Å². The summed E-state index contributed by atoms with van der Waals surface area (Å²) in [5, 5.41) is 0. The van der Waals surface area contributed by atoms with Gasteiger partial charge in [-0.25, -0.2) is 15.0 Å². The van der Waals surface area contributed by atoms with Crippen molar-refractivity contribution < 1.29 is 4.74 Å². The van der Waals surface area contributed by atoms with Gasteiger partial charge in [0.2, 0.25) is 0 Å². The van der Waals surface area contributed by atoms with Crippen LogP contribution in [0, 0.1) is 13.8 Å². The van der Waals surface area contributed by atoms with Crippen LogP contribution in [0.1, 0.15) is 29.0 Å². The lowest BCUT2D eigenvalue weighted by molar-refractivity contribution is 0.0896. The largest absolute Gasteiger partial charge is 0.460 e. The molecule has 5 nitrogen and oxygen atoms in total. The lowest BCUT2D eigenvalue weighted by atomic mass is 10.1. The molecule has 21 heavy (non-hydrogen) atoms. The molecule has 0 N–H and O–H groups in total. The average Bonchev–Trinajstić information content (AvgIpc) is 2.89. The lowest BCUT2D eigenvalue weighted by Crippen LogP contribution is -2.38. The summed E-state index contributed by atoms with van der Waals surface area (Å²) in [6, 6.07) is 0.498. The third kappa shape index (κ3) is 3.77. The first-order valence-electron chi connectivity index (χ1n) is 7.27. The van der Waals surface area contributed by atoms with E-state index in [-0.39, 0.29) is 6.10 Å². The van der Waals surface area contributed by atoms with Crippen LogP contribution in [-0.4, -0.2) is 39.0 Å². The van der Waals surface area contributed by atoms with Gasteiger partial charge in [-0.2, -0.15) is 0 Å². The van der Waals surface area contributed by atoms with Crippen LogP contribution in [-0.2, 0) is 6.54 Å². The van der Waals surface area contributed by atoms with Crippen LogP contribution in [0.15, 0.2) is 17.9 Å². The molecule has 0 spiro atoms. The van der Waals surface area contributed by atoms with Crippen molar-refractivity contribution >= 4 is 11.3 Å². The van der Waals surface area contributed by atoms with Gasteiger partial charge in [0.25, 0.3) is 0 Å². The van der Waals surface area contributed by atoms with Crippen molar-refractivity contribution in [3.8, 4) is 6.01 Å². The Labute approximate surface area is 129 Å². The van der Waals surface area contributed by atoms with Crippen molar-refractivity contribution in [2.75, 3.05) is 13.1 Å². The maximum Gasteiger partial charge on any atom is 0.316 e. The van der Waals surface area contributed by atoms with Gasteiger partial charge in [-0.05, 0) is 32.3 Å². The Morgan fingerprint density at radius 2 is 1.90 bits per heavy atom. The lowest BCUT2D eigenvalue weighted by Gasteiger charge is -2.31. The highest BCUT2D eigenvalue weighted by molar-refractivity contribution is 7.09. The zero-order chi connectivity index (χ0) is 14.7. The number of nitrogens with zero attached hydrogens (tertiary/aromatic N) is 4. The van der Waals surface area contributed by atoms with Gasteiger partial charge in [0.05, 0.1) is 11.2 Å². The van der Waals surface area contributed by atoms with Gasteiger partial charge in [-0.15, -0.1) is 11.3 Å². The Bertz CT molecular complexity index is 576. The number of hydrogen-bond donors (Lipinski definition) is 0. The molecule has 6 heteroatoms. The van der Waals surface area contributed by atoms with Crippen LogP contribution in [0.5, 0.6) is 6.01 Å². The number of aromatic nitrogens is 3. The fourth-order valence-electron chi connectivity index (χ4n) is 2.46. The molecule has 0 bridgehead atoms. The quantitative estimate of drug-likeness (QED) is 0.869. The van der Waals surface area contributed by atoms with E-state index in [1.165, 1.54) is 4.88 Å². The van der Waals surface area contributed by atoms with Crippen molar-refractivity contribution in [2.45, 2.75) is 39.3 Å². The summed E-state index contributed by atoms with van der Waals surface area (Å²) >= 11 is 1.74. The smallest absolute Gasteiger partial charge is 0.316 e. The van der Waals surface area contributed by atoms with Crippen molar-refractivity contribution in [1.82, 2.24) is 19.9 Å². The molecule has 3 heterocycles. The normalized spacial score (nSPS) is 17.0. The molecule has 112 valence electrons. The van der Waals surface area contributed by atoms with Crippen LogP contribution >= 0.6 is 11.3 Å². The maximum atomic E-state index is 5.86. The van der Waals surface area contributed by atoms with Crippen LogP contribution < -0.4 is 4.74 Å². The second-order valence-electron chi connectivity index (χ2n) is 5.50. The number of hydrogen-bond acceptors (Lipinski definition) is 6. The second-order valence-corrected chi connectivity index (χ2v) is 6.44. The predicted molar refractivity (Wildman–Crippen MR) is 82.5 cm³/mol. The molecular weight excluding hydrogens is 284 g/mol. The third-order valence-corrected chi connectivity index (χ3v) is 4.70. The number of thiazole rings is 1. The van der Waals surface area contributed by atoms with Crippen molar-refractivity contribution in [2.24, 2.45) is 0 Å². The van der Waals surface area contributed by atoms with Crippen molar-refractivity contribution in [1.29, 1.82) is 0 Å². The Kier molecular flexibility index (Phi) is 4.45. The summed E-state index contributed by atoms with van der Waals surface area (Å²) in [6.45, 7) is 7.16. The molecule has 0 atom stereocenters. The number of rotatable bonds is 4. The Morgan fingerprint density at radius 3 is 2.52 bits per heavy atom. The molecule has 0 saturated carbocycles. The minimum atomic E-state index is 0.228. The van der Waals surface area contributed by atoms with E-state index in [2.05, 4.69) is 26.8 Å². The molecule has 3 rings (SSSR count). The van der Waals surface area contributed by atoms with Crippen molar-refractivity contribution in [3.63, 3.8) is 0 Å². The Hall–Kier alpha value is -1.53. The first-order chi connectivity index (χ1) is 10.2. The zero-order valence-electron chi connectivity index (χ0n) is 12.5. The summed E-state index contributed by atoms with van der Waals surface area (Å²) < 4.78 is 5.86. The fraction of sp³-hybridized carbons (Fsp3) is 0.533. The number of ether oxygens (including phenoxy) is 1. The minimum Gasteiger partial charge on any atom is -0.460 e. The molecule has 0 aromatic carbocycles. The molecule has 1 aliphatic rings. The van der Waals surface area contributed by atoms with E-state index in [0.29, 0.717) is 6.01 Å².